The number of aromatic nitrogens is 2. The molecule has 2 atom stereocenters. The van der Waals surface area contributed by atoms with Crippen LogP contribution in [0.15, 0.2) is 36.4 Å². The van der Waals surface area contributed by atoms with Crippen LogP contribution < -0.4 is 10.6 Å². The quantitative estimate of drug-likeness (QED) is 0.707. The van der Waals surface area contributed by atoms with E-state index in [0.717, 1.165) is 37.8 Å². The van der Waals surface area contributed by atoms with Gasteiger partial charge in [0.1, 0.15) is 17.1 Å². The maximum Gasteiger partial charge on any atom is 0.270 e. The number of ketones is 1. The molecular weight excluding hydrogens is 404 g/mol. The molecule has 6 rings (SSSR count). The molecule has 7 nitrogen and oxygen atoms in total. The van der Waals surface area contributed by atoms with Crippen LogP contribution in [0.1, 0.15) is 82.6 Å². The molecule has 166 valence electrons. The Hall–Kier alpha value is -3.09. The lowest BCUT2D eigenvalue weighted by Gasteiger charge is -2.62. The number of pyridine rings is 2. The zero-order chi connectivity index (χ0) is 22.5. The smallest absolute Gasteiger partial charge is 0.270 e. The molecular formula is C25H28N4O3. The van der Waals surface area contributed by atoms with Crippen molar-refractivity contribution in [3.05, 3.63) is 59.2 Å². The molecule has 2 heterocycles. The van der Waals surface area contributed by atoms with Crippen molar-refractivity contribution in [1.82, 2.24) is 20.6 Å². The van der Waals surface area contributed by atoms with Gasteiger partial charge in [0, 0.05) is 23.7 Å². The van der Waals surface area contributed by atoms with E-state index >= 15 is 0 Å². The Labute approximate surface area is 187 Å². The van der Waals surface area contributed by atoms with E-state index in [1.807, 2.05) is 19.1 Å². The largest absolute Gasteiger partial charge is 0.345 e. The number of carbonyl (C=O) groups excluding carboxylic acids is 3. The SMILES string of the molecule is CC(=O)c1cccc(C(=O)NC23CC4CC(CC(NC(=O)c5cccc(C)n5)(C4)C2)C3)n1. The lowest BCUT2D eigenvalue weighted by molar-refractivity contribution is -0.0449. The number of nitrogens with zero attached hydrogens (tertiary/aromatic N) is 2. The molecule has 2 N–H and O–H groups in total. The van der Waals surface area contributed by atoms with Crippen LogP contribution >= 0.6 is 0 Å². The van der Waals surface area contributed by atoms with Gasteiger partial charge in [0.2, 0.25) is 0 Å². The zero-order valence-corrected chi connectivity index (χ0v) is 18.5. The van der Waals surface area contributed by atoms with Crippen LogP contribution in [0, 0.1) is 18.8 Å². The first kappa shape index (κ1) is 20.8. The van der Waals surface area contributed by atoms with Crippen molar-refractivity contribution in [2.75, 3.05) is 0 Å². The summed E-state index contributed by atoms with van der Waals surface area (Å²) in [5, 5.41) is 6.59. The van der Waals surface area contributed by atoms with Gasteiger partial charge in [-0.25, -0.2) is 9.97 Å². The van der Waals surface area contributed by atoms with Gasteiger partial charge in [0.15, 0.2) is 5.78 Å². The molecule has 32 heavy (non-hydrogen) atoms. The van der Waals surface area contributed by atoms with Gasteiger partial charge in [-0.2, -0.15) is 0 Å². The van der Waals surface area contributed by atoms with Gasteiger partial charge in [-0.1, -0.05) is 12.1 Å². The third kappa shape index (κ3) is 3.80. The van der Waals surface area contributed by atoms with Crippen LogP contribution in [-0.2, 0) is 0 Å². The summed E-state index contributed by atoms with van der Waals surface area (Å²) in [4.78, 5) is 46.4. The van der Waals surface area contributed by atoms with Crippen LogP contribution in [0.25, 0.3) is 0 Å². The van der Waals surface area contributed by atoms with E-state index in [1.165, 1.54) is 6.92 Å². The second-order valence-electron chi connectivity index (χ2n) is 10.1. The Bertz CT molecular complexity index is 1100. The highest BCUT2D eigenvalue weighted by Crippen LogP contribution is 2.57. The second-order valence-corrected chi connectivity index (χ2v) is 10.1. The summed E-state index contributed by atoms with van der Waals surface area (Å²) in [6.07, 6.45) is 5.58. The third-order valence-electron chi connectivity index (χ3n) is 7.28. The van der Waals surface area contributed by atoms with Crippen LogP contribution in [0.5, 0.6) is 0 Å². The minimum Gasteiger partial charge on any atom is -0.345 e. The van der Waals surface area contributed by atoms with Crippen molar-refractivity contribution in [2.24, 2.45) is 11.8 Å². The Morgan fingerprint density at radius 3 is 1.84 bits per heavy atom. The van der Waals surface area contributed by atoms with Gasteiger partial charge in [0.05, 0.1) is 0 Å². The predicted octanol–water partition coefficient (Wildman–Crippen LogP) is 3.24. The lowest BCUT2D eigenvalue weighted by Crippen LogP contribution is -2.70. The minimum atomic E-state index is -0.359. The second kappa shape index (κ2) is 7.50. The first-order chi connectivity index (χ1) is 15.2. The van der Waals surface area contributed by atoms with E-state index < -0.39 is 0 Å². The number of rotatable bonds is 5. The molecule has 0 saturated heterocycles. The summed E-state index contributed by atoms with van der Waals surface area (Å²) in [5.74, 6) is 0.378. The minimum absolute atomic E-state index is 0.145. The van der Waals surface area contributed by atoms with Crippen LogP contribution in [0.3, 0.4) is 0 Å². The molecule has 0 radical (unpaired) electrons. The maximum absolute atomic E-state index is 13.1. The summed E-state index contributed by atoms with van der Waals surface area (Å²) in [6.45, 7) is 3.32. The van der Waals surface area contributed by atoms with Crippen LogP contribution in [0.2, 0.25) is 0 Å². The molecule has 4 aliphatic carbocycles. The molecule has 2 aromatic rings. The molecule has 7 heteroatoms. The Morgan fingerprint density at radius 1 is 0.812 bits per heavy atom. The maximum atomic E-state index is 13.1. The Morgan fingerprint density at radius 2 is 1.31 bits per heavy atom. The molecule has 0 aromatic carbocycles. The van der Waals surface area contributed by atoms with E-state index in [1.54, 1.807) is 24.3 Å². The summed E-state index contributed by atoms with van der Waals surface area (Å²) in [7, 11) is 0. The number of amides is 2. The number of hydrogen-bond acceptors (Lipinski definition) is 5. The summed E-state index contributed by atoms with van der Waals surface area (Å²) >= 11 is 0. The fourth-order valence-corrected chi connectivity index (χ4v) is 6.59. The number of hydrogen-bond donors (Lipinski definition) is 2. The van der Waals surface area contributed by atoms with E-state index in [-0.39, 0.29) is 40.1 Å². The highest BCUT2D eigenvalue weighted by Gasteiger charge is 2.58. The average molecular weight is 433 g/mol. The summed E-state index contributed by atoms with van der Waals surface area (Å²) in [5.41, 5.74) is 1.11. The first-order valence-corrected chi connectivity index (χ1v) is 11.3. The summed E-state index contributed by atoms with van der Waals surface area (Å²) < 4.78 is 0. The normalized spacial score (nSPS) is 30.1. The summed E-state index contributed by atoms with van der Waals surface area (Å²) in [6, 6.07) is 10.4. The van der Waals surface area contributed by atoms with E-state index in [2.05, 4.69) is 20.6 Å². The van der Waals surface area contributed by atoms with Crippen molar-refractivity contribution < 1.29 is 14.4 Å². The van der Waals surface area contributed by atoms with E-state index in [4.69, 9.17) is 0 Å². The molecule has 0 aliphatic heterocycles. The Balaban J connectivity index is 1.37. The van der Waals surface area contributed by atoms with E-state index in [9.17, 15) is 14.4 Å². The molecule has 4 fully saturated rings. The Kier molecular flexibility index (Phi) is 4.87. The van der Waals surface area contributed by atoms with Crippen molar-refractivity contribution in [1.29, 1.82) is 0 Å². The van der Waals surface area contributed by atoms with Gasteiger partial charge < -0.3 is 10.6 Å². The number of carbonyl (C=O) groups is 3. The molecule has 2 amide bonds. The fraction of sp³-hybridized carbons (Fsp3) is 0.480. The highest BCUT2D eigenvalue weighted by atomic mass is 16.2. The van der Waals surface area contributed by atoms with Crippen LogP contribution in [0.4, 0.5) is 0 Å². The van der Waals surface area contributed by atoms with Crippen LogP contribution in [-0.4, -0.2) is 38.6 Å². The molecule has 0 spiro atoms. The number of nitrogens with one attached hydrogen (secondary N) is 2. The number of Topliss-reactive ketones (excluding diaryl/α,β-unsaturated/α-hetero) is 1. The fourth-order valence-electron chi connectivity index (χ4n) is 6.59. The first-order valence-electron chi connectivity index (χ1n) is 11.3. The van der Waals surface area contributed by atoms with Gasteiger partial charge in [-0.05, 0) is 81.5 Å². The average Bonchev–Trinajstić information content (AvgIpc) is 2.72. The molecule has 2 unspecified atom stereocenters. The van der Waals surface area contributed by atoms with Gasteiger partial charge in [-0.3, -0.25) is 14.4 Å². The third-order valence-corrected chi connectivity index (χ3v) is 7.28. The van der Waals surface area contributed by atoms with Gasteiger partial charge in [-0.15, -0.1) is 0 Å². The van der Waals surface area contributed by atoms with Gasteiger partial charge in [0.25, 0.3) is 11.8 Å². The predicted molar refractivity (Wildman–Crippen MR) is 118 cm³/mol. The van der Waals surface area contributed by atoms with Crippen molar-refractivity contribution in [2.45, 2.75) is 63.5 Å². The number of aryl methyl sites for hydroxylation is 1. The monoisotopic (exact) mass is 432 g/mol. The molecule has 4 aliphatic rings. The molecule has 4 saturated carbocycles. The lowest BCUT2D eigenvalue weighted by atomic mass is 9.49. The standard InChI is InChI=1S/C25H28N4O3/c1-15-5-3-7-20(26-15)22(31)28-24-10-17-9-18(11-24)13-25(12-17,14-24)29-23(32)21-8-4-6-19(27-21)16(2)30/h3-8,17-18H,9-14H2,1-2H3,(H,28,31)(H,29,32). The highest BCUT2D eigenvalue weighted by molar-refractivity contribution is 5.96. The van der Waals surface area contributed by atoms with Crippen molar-refractivity contribution in [3.8, 4) is 0 Å². The zero-order valence-electron chi connectivity index (χ0n) is 18.5. The molecule has 2 aromatic heterocycles. The van der Waals surface area contributed by atoms with E-state index in [0.29, 0.717) is 24.0 Å². The topological polar surface area (TPSA) is 101 Å². The van der Waals surface area contributed by atoms with Crippen molar-refractivity contribution >= 4 is 17.6 Å². The van der Waals surface area contributed by atoms with Gasteiger partial charge >= 0.3 is 0 Å². The molecule has 4 bridgehead atoms. The van der Waals surface area contributed by atoms with Crippen molar-refractivity contribution in [3.63, 3.8) is 0 Å².